The number of unbranched alkanes of at least 4 members (excludes halogenated alkanes) is 1. The second-order valence-electron chi connectivity index (χ2n) is 7.25. The van der Waals surface area contributed by atoms with Crippen molar-refractivity contribution < 1.29 is 9.59 Å². The summed E-state index contributed by atoms with van der Waals surface area (Å²) in [5, 5.41) is 7.63. The lowest BCUT2D eigenvalue weighted by molar-refractivity contribution is 0.0652. The number of benzene rings is 1. The summed E-state index contributed by atoms with van der Waals surface area (Å²) >= 11 is 2.05. The van der Waals surface area contributed by atoms with Crippen LogP contribution < -0.4 is 10.6 Å². The van der Waals surface area contributed by atoms with E-state index in [4.69, 9.17) is 0 Å². The molecule has 6 nitrogen and oxygen atoms in total. The van der Waals surface area contributed by atoms with Crippen LogP contribution in [0.1, 0.15) is 59.7 Å². The van der Waals surface area contributed by atoms with Crippen LogP contribution in [0.4, 0.5) is 0 Å². The Bertz CT molecular complexity index is 708. The first kappa shape index (κ1) is 24.0. The number of nitrogens with one attached hydrogen (secondary N) is 2. The van der Waals surface area contributed by atoms with E-state index in [1.807, 2.05) is 11.8 Å². The minimum atomic E-state index is -0.174. The lowest BCUT2D eigenvalue weighted by atomic mass is 10.1. The fourth-order valence-electron chi connectivity index (χ4n) is 3.89. The van der Waals surface area contributed by atoms with E-state index in [-0.39, 0.29) is 35.8 Å². The Balaban J connectivity index is 0.00000300. The van der Waals surface area contributed by atoms with Crippen molar-refractivity contribution in [3.8, 4) is 0 Å². The van der Waals surface area contributed by atoms with Gasteiger partial charge in [0.2, 0.25) is 0 Å². The first-order valence-electron chi connectivity index (χ1n) is 10.2. The number of aliphatic imine (C=N–C) groups is 1. The van der Waals surface area contributed by atoms with Gasteiger partial charge in [-0.1, -0.05) is 19.1 Å². The quantitative estimate of drug-likeness (QED) is 0.177. The van der Waals surface area contributed by atoms with Crippen LogP contribution in [-0.4, -0.2) is 59.9 Å². The minimum Gasteiger partial charge on any atom is -0.356 e. The Morgan fingerprint density at radius 3 is 2.48 bits per heavy atom. The Morgan fingerprint density at radius 2 is 1.86 bits per heavy atom. The van der Waals surface area contributed by atoms with Crippen LogP contribution in [-0.2, 0) is 0 Å². The van der Waals surface area contributed by atoms with Gasteiger partial charge in [-0.25, -0.2) is 0 Å². The molecule has 1 aromatic rings. The molecule has 3 rings (SSSR count). The molecule has 2 N–H and O–H groups in total. The van der Waals surface area contributed by atoms with Crippen LogP contribution in [0.3, 0.4) is 0 Å². The van der Waals surface area contributed by atoms with Crippen molar-refractivity contribution in [1.82, 2.24) is 15.5 Å². The second kappa shape index (κ2) is 11.8. The zero-order valence-corrected chi connectivity index (χ0v) is 20.3. The maximum absolute atomic E-state index is 12.4. The third kappa shape index (κ3) is 6.10. The second-order valence-corrected chi connectivity index (χ2v) is 8.82. The van der Waals surface area contributed by atoms with Crippen molar-refractivity contribution in [2.24, 2.45) is 4.99 Å². The average Bonchev–Trinajstić information content (AvgIpc) is 3.25. The van der Waals surface area contributed by atoms with Gasteiger partial charge in [-0.05, 0) is 50.0 Å². The van der Waals surface area contributed by atoms with Crippen molar-refractivity contribution >= 4 is 53.5 Å². The molecule has 2 amide bonds. The number of rotatable bonds is 8. The van der Waals surface area contributed by atoms with Gasteiger partial charge >= 0.3 is 0 Å². The zero-order chi connectivity index (χ0) is 19.9. The molecular weight excluding hydrogens is 499 g/mol. The summed E-state index contributed by atoms with van der Waals surface area (Å²) in [4.78, 5) is 30.4. The highest BCUT2D eigenvalue weighted by Gasteiger charge is 2.34. The molecule has 0 radical (unpaired) electrons. The molecular formula is C21H31IN4O2S. The highest BCUT2D eigenvalue weighted by atomic mass is 127. The number of imide groups is 1. The number of guanidine groups is 1. The van der Waals surface area contributed by atoms with Gasteiger partial charge < -0.3 is 10.6 Å². The topological polar surface area (TPSA) is 73.8 Å². The smallest absolute Gasteiger partial charge is 0.261 e. The Labute approximate surface area is 194 Å². The van der Waals surface area contributed by atoms with E-state index in [9.17, 15) is 9.59 Å². The van der Waals surface area contributed by atoms with Gasteiger partial charge in [-0.15, -0.1) is 24.0 Å². The molecule has 0 spiro atoms. The van der Waals surface area contributed by atoms with Crippen molar-refractivity contribution in [2.45, 2.75) is 50.3 Å². The van der Waals surface area contributed by atoms with Gasteiger partial charge in [0, 0.05) is 31.4 Å². The monoisotopic (exact) mass is 530 g/mol. The third-order valence-electron chi connectivity index (χ3n) is 5.33. The standard InChI is InChI=1S/C21H30N4O2S.HI/c1-3-28-16-11-10-15(14-16)24-21(22-2)23-12-6-7-13-25-19(26)17-8-4-5-9-18(17)20(25)27;/h4-5,8-9,15-16H,3,6-7,10-14H2,1-2H3,(H2,22,23,24);1H. The highest BCUT2D eigenvalue weighted by molar-refractivity contribution is 14.0. The SMILES string of the molecule is CCSC1CCC(NC(=NC)NCCCCN2C(=O)c3ccccc3C2=O)C1.I. The molecule has 2 unspecified atom stereocenters. The molecule has 29 heavy (non-hydrogen) atoms. The number of hydrogen-bond acceptors (Lipinski definition) is 4. The van der Waals surface area contributed by atoms with E-state index in [0.29, 0.717) is 23.7 Å². The maximum Gasteiger partial charge on any atom is 0.261 e. The Kier molecular flexibility index (Phi) is 9.74. The van der Waals surface area contributed by atoms with E-state index in [0.717, 1.165) is 30.6 Å². The number of hydrogen-bond donors (Lipinski definition) is 2. The number of thioether (sulfide) groups is 1. The summed E-state index contributed by atoms with van der Waals surface area (Å²) in [7, 11) is 1.79. The van der Waals surface area contributed by atoms with Crippen LogP contribution in [0.5, 0.6) is 0 Å². The maximum atomic E-state index is 12.4. The summed E-state index contributed by atoms with van der Waals surface area (Å²) < 4.78 is 0. The van der Waals surface area contributed by atoms with Crippen molar-refractivity contribution in [3.05, 3.63) is 35.4 Å². The highest BCUT2D eigenvalue weighted by Crippen LogP contribution is 2.29. The largest absolute Gasteiger partial charge is 0.356 e. The summed E-state index contributed by atoms with van der Waals surface area (Å²) in [5.41, 5.74) is 1.04. The van der Waals surface area contributed by atoms with Gasteiger partial charge in [0.25, 0.3) is 11.8 Å². The summed E-state index contributed by atoms with van der Waals surface area (Å²) in [6.07, 6.45) is 5.30. The first-order valence-corrected chi connectivity index (χ1v) is 11.2. The van der Waals surface area contributed by atoms with E-state index in [1.54, 1.807) is 31.3 Å². The molecule has 2 aliphatic rings. The zero-order valence-electron chi connectivity index (χ0n) is 17.1. The normalized spacial score (nSPS) is 21.2. The number of halogens is 1. The molecule has 1 saturated carbocycles. The summed E-state index contributed by atoms with van der Waals surface area (Å²) in [6.45, 7) is 3.44. The molecule has 1 heterocycles. The number of amides is 2. The number of nitrogens with zero attached hydrogens (tertiary/aromatic N) is 2. The molecule has 0 saturated heterocycles. The summed E-state index contributed by atoms with van der Waals surface area (Å²) in [5.74, 6) is 1.67. The van der Waals surface area contributed by atoms with E-state index < -0.39 is 0 Å². The summed E-state index contributed by atoms with van der Waals surface area (Å²) in [6, 6.07) is 7.53. The fourth-order valence-corrected chi connectivity index (χ4v) is 5.03. The van der Waals surface area contributed by atoms with Crippen molar-refractivity contribution in [3.63, 3.8) is 0 Å². The minimum absolute atomic E-state index is 0. The lowest BCUT2D eigenvalue weighted by Gasteiger charge is -2.18. The third-order valence-corrected chi connectivity index (χ3v) is 6.56. The van der Waals surface area contributed by atoms with Crippen molar-refractivity contribution in [1.29, 1.82) is 0 Å². The van der Waals surface area contributed by atoms with Crippen LogP contribution in [0.15, 0.2) is 29.3 Å². The van der Waals surface area contributed by atoms with Crippen LogP contribution >= 0.6 is 35.7 Å². The molecule has 1 aliphatic heterocycles. The van der Waals surface area contributed by atoms with Gasteiger partial charge in [0.05, 0.1) is 11.1 Å². The van der Waals surface area contributed by atoms with Crippen LogP contribution in [0.2, 0.25) is 0 Å². The molecule has 1 fully saturated rings. The van der Waals surface area contributed by atoms with E-state index in [2.05, 4.69) is 22.5 Å². The number of carbonyl (C=O) groups is 2. The van der Waals surface area contributed by atoms with Crippen LogP contribution in [0, 0.1) is 0 Å². The molecule has 8 heteroatoms. The first-order chi connectivity index (χ1) is 13.6. The average molecular weight is 530 g/mol. The molecule has 2 atom stereocenters. The van der Waals surface area contributed by atoms with Gasteiger partial charge in [-0.3, -0.25) is 19.5 Å². The van der Waals surface area contributed by atoms with Gasteiger partial charge in [0.1, 0.15) is 0 Å². The van der Waals surface area contributed by atoms with Gasteiger partial charge in [-0.2, -0.15) is 11.8 Å². The number of fused-ring (bicyclic) bond motifs is 1. The fraction of sp³-hybridized carbons (Fsp3) is 0.571. The predicted molar refractivity (Wildman–Crippen MR) is 131 cm³/mol. The van der Waals surface area contributed by atoms with Crippen LogP contribution in [0.25, 0.3) is 0 Å². The Morgan fingerprint density at radius 1 is 1.17 bits per heavy atom. The molecule has 1 aliphatic carbocycles. The molecule has 1 aromatic carbocycles. The van der Waals surface area contributed by atoms with Gasteiger partial charge in [0.15, 0.2) is 5.96 Å². The van der Waals surface area contributed by atoms with E-state index >= 15 is 0 Å². The Hall–Kier alpha value is -1.29. The number of carbonyl (C=O) groups excluding carboxylic acids is 2. The predicted octanol–water partition coefficient (Wildman–Crippen LogP) is 3.52. The van der Waals surface area contributed by atoms with Crippen molar-refractivity contribution in [2.75, 3.05) is 25.9 Å². The molecule has 0 aromatic heterocycles. The molecule has 0 bridgehead atoms. The molecule has 160 valence electrons. The van der Waals surface area contributed by atoms with E-state index in [1.165, 1.54) is 29.9 Å². The lowest BCUT2D eigenvalue weighted by Crippen LogP contribution is -2.43.